The highest BCUT2D eigenvalue weighted by atomic mass is 19.4. The van der Waals surface area contributed by atoms with Crippen molar-refractivity contribution in [3.63, 3.8) is 0 Å². The summed E-state index contributed by atoms with van der Waals surface area (Å²) in [6.07, 6.45) is -2.95. The van der Waals surface area contributed by atoms with Gasteiger partial charge in [-0.3, -0.25) is 0 Å². The Bertz CT molecular complexity index is 2570. The summed E-state index contributed by atoms with van der Waals surface area (Å²) in [6, 6.07) is 12.4. The second kappa shape index (κ2) is 14.1. The van der Waals surface area contributed by atoms with Crippen LogP contribution in [-0.2, 0) is 19.0 Å². The summed E-state index contributed by atoms with van der Waals surface area (Å²) in [5.74, 6) is 0. The van der Waals surface area contributed by atoms with Crippen LogP contribution in [0.4, 0.5) is 47.3 Å². The van der Waals surface area contributed by atoms with Crippen LogP contribution in [0.15, 0.2) is 42.5 Å². The number of nitrogens with zero attached hydrogens (tertiary/aromatic N) is 2. The molecule has 2 aliphatic rings. The zero-order valence-corrected chi connectivity index (χ0v) is 38.5. The average molecular weight is 805 g/mol. The minimum atomic E-state index is -4.54. The van der Waals surface area contributed by atoms with Crippen molar-refractivity contribution in [1.29, 1.82) is 0 Å². The number of fused-ring (bicyclic) bond motifs is 4. The van der Waals surface area contributed by atoms with Crippen LogP contribution in [0.25, 0.3) is 11.1 Å². The van der Waals surface area contributed by atoms with Gasteiger partial charge in [-0.05, 0) is 257 Å². The fourth-order valence-corrected chi connectivity index (χ4v) is 10.6. The molecular weight excluding hydrogens is 746 g/mol. The molecule has 0 atom stereocenters. The van der Waals surface area contributed by atoms with Gasteiger partial charge in [-0.2, -0.15) is 13.2 Å². The lowest BCUT2D eigenvalue weighted by Gasteiger charge is -2.42. The van der Waals surface area contributed by atoms with Crippen molar-refractivity contribution < 1.29 is 13.2 Å². The van der Waals surface area contributed by atoms with Gasteiger partial charge in [0.25, 0.3) is 0 Å². The molecule has 0 aromatic heterocycles. The number of alkyl halides is 3. The first kappa shape index (κ1) is 41.4. The van der Waals surface area contributed by atoms with Crippen LogP contribution in [-0.4, -0.2) is 0 Å². The molecule has 310 valence electrons. The molecule has 6 aromatic rings. The average Bonchev–Trinajstić information content (AvgIpc) is 3.23. The first-order chi connectivity index (χ1) is 28.1. The van der Waals surface area contributed by atoms with Crippen molar-refractivity contribution in [3.05, 3.63) is 159 Å². The van der Waals surface area contributed by atoms with E-state index in [1.54, 1.807) is 12.1 Å². The van der Waals surface area contributed by atoms with Crippen molar-refractivity contribution in [2.45, 2.75) is 130 Å². The Labute approximate surface area is 356 Å². The first-order valence-electron chi connectivity index (χ1n) is 21.4. The van der Waals surface area contributed by atoms with Crippen molar-refractivity contribution >= 4 is 34.1 Å². The molecule has 0 aliphatic carbocycles. The van der Waals surface area contributed by atoms with Crippen LogP contribution in [0.5, 0.6) is 0 Å². The Morgan fingerprint density at radius 3 is 0.950 bits per heavy atom. The van der Waals surface area contributed by atoms with E-state index >= 15 is 13.2 Å². The third-order valence-corrected chi connectivity index (χ3v) is 15.7. The molecule has 5 heteroatoms. The molecule has 0 radical (unpaired) electrons. The number of rotatable bonds is 3. The number of benzene rings is 6. The Morgan fingerprint density at radius 1 is 0.367 bits per heavy atom. The largest absolute Gasteiger partial charge is 0.417 e. The summed E-state index contributed by atoms with van der Waals surface area (Å²) in [4.78, 5) is 4.84. The zero-order chi connectivity index (χ0) is 43.8. The summed E-state index contributed by atoms with van der Waals surface area (Å²) in [5.41, 5.74) is 31.4. The van der Waals surface area contributed by atoms with Crippen LogP contribution in [0, 0.1) is 111 Å². The van der Waals surface area contributed by atoms with Crippen molar-refractivity contribution in [1.82, 2.24) is 0 Å². The van der Waals surface area contributed by atoms with Crippen molar-refractivity contribution in [3.8, 4) is 11.1 Å². The van der Waals surface area contributed by atoms with Crippen molar-refractivity contribution in [2.75, 3.05) is 9.80 Å². The van der Waals surface area contributed by atoms with Gasteiger partial charge >= 0.3 is 6.18 Å². The molecule has 0 fully saturated rings. The third kappa shape index (κ3) is 5.81. The molecule has 6 aromatic carbocycles. The van der Waals surface area contributed by atoms with E-state index in [0.717, 1.165) is 47.0 Å². The monoisotopic (exact) mass is 804 g/mol. The Morgan fingerprint density at radius 2 is 0.650 bits per heavy atom. The third-order valence-electron chi connectivity index (χ3n) is 15.7. The highest BCUT2D eigenvalue weighted by Crippen LogP contribution is 2.56. The quantitative estimate of drug-likeness (QED) is 0.176. The molecule has 0 unspecified atom stereocenters. The summed E-state index contributed by atoms with van der Waals surface area (Å²) < 4.78 is 45.4. The van der Waals surface area contributed by atoms with Crippen molar-refractivity contribution in [2.24, 2.45) is 0 Å². The van der Waals surface area contributed by atoms with Gasteiger partial charge in [0.1, 0.15) is 0 Å². The standard InChI is InChI=1S/C55H59F3N2/c1-26-30(5)38(13)51-46(34(26)9)24-47-35(10)27(2)31(6)39(14)52(47)59(51)43-21-42(45-19-17-18-20-50(45)55(56,57)58)22-44(23-43)60-53-40(15)32(7)28(3)36(11)48(53)25-49-37(12)29(4)33(8)41(16)54(49)60/h17-23H,24-25H2,1-16H3. The summed E-state index contributed by atoms with van der Waals surface area (Å²) >= 11 is 0. The van der Waals surface area contributed by atoms with Gasteiger partial charge in [0.05, 0.1) is 28.3 Å². The van der Waals surface area contributed by atoms with Gasteiger partial charge in [-0.1, -0.05) is 18.2 Å². The summed E-state index contributed by atoms with van der Waals surface area (Å²) in [6.45, 7) is 35.5. The lowest BCUT2D eigenvalue weighted by atomic mass is 9.80. The van der Waals surface area contributed by atoms with E-state index in [2.05, 4.69) is 127 Å². The van der Waals surface area contributed by atoms with Gasteiger partial charge in [-0.25, -0.2) is 0 Å². The van der Waals surface area contributed by atoms with E-state index in [-0.39, 0.29) is 5.56 Å². The first-order valence-corrected chi connectivity index (χ1v) is 21.4. The second-order valence-electron chi connectivity index (χ2n) is 18.1. The van der Waals surface area contributed by atoms with Gasteiger partial charge in [-0.15, -0.1) is 0 Å². The lowest BCUT2D eigenvalue weighted by molar-refractivity contribution is -0.137. The molecule has 0 N–H and O–H groups in total. The molecule has 0 amide bonds. The predicted octanol–water partition coefficient (Wildman–Crippen LogP) is 16.1. The molecule has 2 heterocycles. The number of halogens is 3. The summed E-state index contributed by atoms with van der Waals surface area (Å²) in [7, 11) is 0. The SMILES string of the molecule is Cc1c(C)c(C)c2c(c1C)Cc1c(C)c(C)c(C)c(C)c1N2c1cc(-c2ccccc2C(F)(F)F)cc(N2c3c(C)c(C)c(C)c(C)c3Cc3c(C)c(C)c(C)c(C)c32)c1. The highest BCUT2D eigenvalue weighted by molar-refractivity contribution is 5.96. The smallest absolute Gasteiger partial charge is 0.309 e. The molecular formula is C55H59F3N2. The molecule has 2 nitrogen and oxygen atoms in total. The van der Waals surface area contributed by atoms with Gasteiger partial charge in [0, 0.05) is 24.2 Å². The zero-order valence-electron chi connectivity index (χ0n) is 38.5. The lowest BCUT2D eigenvalue weighted by Crippen LogP contribution is -2.26. The molecule has 0 saturated heterocycles. The van der Waals surface area contributed by atoms with Gasteiger partial charge in [0.2, 0.25) is 0 Å². The van der Waals surface area contributed by atoms with Crippen LogP contribution < -0.4 is 9.80 Å². The molecule has 0 spiro atoms. The number of hydrogen-bond donors (Lipinski definition) is 0. The second-order valence-corrected chi connectivity index (χ2v) is 18.1. The number of hydrogen-bond acceptors (Lipinski definition) is 2. The van der Waals surface area contributed by atoms with Gasteiger partial charge < -0.3 is 9.80 Å². The Balaban J connectivity index is 1.58. The summed E-state index contributed by atoms with van der Waals surface area (Å²) in [5, 5.41) is 0. The van der Waals surface area contributed by atoms with E-state index in [1.165, 1.54) is 123 Å². The fourth-order valence-electron chi connectivity index (χ4n) is 10.6. The fraction of sp³-hybridized carbons (Fsp3) is 0.345. The normalized spacial score (nSPS) is 13.4. The molecule has 60 heavy (non-hydrogen) atoms. The topological polar surface area (TPSA) is 6.48 Å². The van der Waals surface area contributed by atoms with E-state index < -0.39 is 11.7 Å². The van der Waals surface area contributed by atoms with E-state index in [9.17, 15) is 0 Å². The molecule has 2 aliphatic heterocycles. The van der Waals surface area contributed by atoms with Crippen LogP contribution in [0.3, 0.4) is 0 Å². The Hall–Kier alpha value is -5.29. The molecule has 0 bridgehead atoms. The van der Waals surface area contributed by atoms with Crippen LogP contribution in [0.2, 0.25) is 0 Å². The maximum atomic E-state index is 15.1. The maximum absolute atomic E-state index is 15.1. The Kier molecular flexibility index (Phi) is 9.77. The van der Waals surface area contributed by atoms with E-state index in [4.69, 9.17) is 0 Å². The van der Waals surface area contributed by atoms with Crippen LogP contribution in [0.1, 0.15) is 117 Å². The van der Waals surface area contributed by atoms with E-state index in [1.807, 2.05) is 12.1 Å². The number of anilines is 6. The molecule has 8 rings (SSSR count). The van der Waals surface area contributed by atoms with Gasteiger partial charge in [0.15, 0.2) is 0 Å². The minimum absolute atomic E-state index is 0.171. The van der Waals surface area contributed by atoms with Crippen LogP contribution >= 0.6 is 0 Å². The maximum Gasteiger partial charge on any atom is 0.417 e. The molecule has 0 saturated carbocycles. The highest BCUT2D eigenvalue weighted by Gasteiger charge is 2.38. The minimum Gasteiger partial charge on any atom is -0.309 e. The van der Waals surface area contributed by atoms with E-state index in [0.29, 0.717) is 5.56 Å². The predicted molar refractivity (Wildman–Crippen MR) is 248 cm³/mol.